The molecule has 2 spiro atoms. The zero-order valence-corrected chi connectivity index (χ0v) is 22.3. The van der Waals surface area contributed by atoms with Crippen LogP contribution in [0, 0.1) is 50.7 Å². The molecule has 5 aliphatic carbocycles. The fraction of sp³-hybridized carbons (Fsp3) is 0.933. The van der Waals surface area contributed by atoms with Crippen molar-refractivity contribution in [3.8, 4) is 0 Å². The maximum absolute atomic E-state index is 11.1. The summed E-state index contributed by atoms with van der Waals surface area (Å²) in [5, 5.41) is 32.6. The monoisotopic (exact) mass is 458 g/mol. The van der Waals surface area contributed by atoms with Gasteiger partial charge >= 0.3 is 0 Å². The van der Waals surface area contributed by atoms with Crippen LogP contribution in [-0.2, 0) is 0 Å². The second kappa shape index (κ2) is 7.32. The molecule has 0 saturated heterocycles. The van der Waals surface area contributed by atoms with Gasteiger partial charge in [0, 0.05) is 0 Å². The van der Waals surface area contributed by atoms with Gasteiger partial charge in [0.15, 0.2) is 0 Å². The molecule has 0 bridgehead atoms. The number of rotatable bonds is 4. The maximum atomic E-state index is 11.1. The van der Waals surface area contributed by atoms with E-state index in [1.165, 1.54) is 51.4 Å². The van der Waals surface area contributed by atoms with Crippen molar-refractivity contribution < 1.29 is 15.3 Å². The molecule has 3 nitrogen and oxygen atoms in total. The lowest BCUT2D eigenvalue weighted by molar-refractivity contribution is -0.165. The fourth-order valence-corrected chi connectivity index (χ4v) is 11.2. The van der Waals surface area contributed by atoms with Crippen LogP contribution in [0.3, 0.4) is 0 Å². The number of aliphatic hydroxyl groups excluding tert-OH is 3. The molecule has 3 N–H and O–H groups in total. The van der Waals surface area contributed by atoms with Gasteiger partial charge in [0.1, 0.15) is 0 Å². The predicted octanol–water partition coefficient (Wildman–Crippen LogP) is 6.11. The minimum atomic E-state index is -0.770. The van der Waals surface area contributed by atoms with Crippen molar-refractivity contribution in [3.05, 3.63) is 11.6 Å². The Bertz CT molecular complexity index is 828. The SMILES string of the molecule is CC(C)=CC(O)C(O)C(C)C1CCC2(C)C3CCC4C(C)(C)C(O)CCC45CC35CCC12C. The van der Waals surface area contributed by atoms with Crippen molar-refractivity contribution in [2.24, 2.45) is 50.7 Å². The summed E-state index contributed by atoms with van der Waals surface area (Å²) in [5.74, 6) is 2.02. The highest BCUT2D eigenvalue weighted by Gasteiger charge is 2.82. The fourth-order valence-electron chi connectivity index (χ4n) is 11.2. The highest BCUT2D eigenvalue weighted by Crippen LogP contribution is 2.89. The number of aliphatic hydroxyl groups is 3. The Hall–Kier alpha value is -0.380. The van der Waals surface area contributed by atoms with Gasteiger partial charge in [0.2, 0.25) is 0 Å². The summed E-state index contributed by atoms with van der Waals surface area (Å²) in [6, 6.07) is 0. The molecule has 0 aromatic carbocycles. The Morgan fingerprint density at radius 2 is 1.45 bits per heavy atom. The molecule has 3 heteroatoms. The Balaban J connectivity index is 1.43. The third-order valence-electron chi connectivity index (χ3n) is 13.2. The summed E-state index contributed by atoms with van der Waals surface area (Å²) >= 11 is 0. The van der Waals surface area contributed by atoms with Crippen LogP contribution < -0.4 is 0 Å². The first-order valence-electron chi connectivity index (χ1n) is 14.0. The third kappa shape index (κ3) is 2.91. The van der Waals surface area contributed by atoms with Crippen LogP contribution in [0.15, 0.2) is 11.6 Å². The highest BCUT2D eigenvalue weighted by molar-refractivity contribution is 5.30. The van der Waals surface area contributed by atoms with Crippen LogP contribution in [0.2, 0.25) is 0 Å². The lowest BCUT2D eigenvalue weighted by Crippen LogP contribution is -2.58. The van der Waals surface area contributed by atoms with E-state index < -0.39 is 12.2 Å². The highest BCUT2D eigenvalue weighted by atomic mass is 16.3. The summed E-state index contributed by atoms with van der Waals surface area (Å²) in [6.45, 7) is 16.0. The quantitative estimate of drug-likeness (QED) is 0.445. The van der Waals surface area contributed by atoms with Gasteiger partial charge in [-0.25, -0.2) is 0 Å². The van der Waals surface area contributed by atoms with Crippen LogP contribution in [0.5, 0.6) is 0 Å². The van der Waals surface area contributed by atoms with Crippen molar-refractivity contribution in [1.29, 1.82) is 0 Å². The third-order valence-corrected chi connectivity index (χ3v) is 13.2. The molecule has 188 valence electrons. The van der Waals surface area contributed by atoms with E-state index in [0.29, 0.717) is 28.1 Å². The number of hydrogen-bond donors (Lipinski definition) is 3. The van der Waals surface area contributed by atoms with Crippen molar-refractivity contribution in [1.82, 2.24) is 0 Å². The van der Waals surface area contributed by atoms with Gasteiger partial charge in [0.25, 0.3) is 0 Å². The van der Waals surface area contributed by atoms with E-state index in [0.717, 1.165) is 17.9 Å². The van der Waals surface area contributed by atoms with E-state index in [1.807, 2.05) is 19.9 Å². The Morgan fingerprint density at radius 1 is 0.818 bits per heavy atom. The predicted molar refractivity (Wildman–Crippen MR) is 133 cm³/mol. The molecule has 5 fully saturated rings. The minimum Gasteiger partial charge on any atom is -0.393 e. The zero-order valence-electron chi connectivity index (χ0n) is 22.3. The summed E-state index contributed by atoms with van der Waals surface area (Å²) < 4.78 is 0. The molecule has 0 aromatic heterocycles. The normalized spacial score (nSPS) is 52.4. The second-order valence-corrected chi connectivity index (χ2v) is 14.6. The Morgan fingerprint density at radius 3 is 2.12 bits per heavy atom. The summed E-state index contributed by atoms with van der Waals surface area (Å²) in [5.41, 5.74) is 2.64. The molecule has 5 aliphatic rings. The Kier molecular flexibility index (Phi) is 5.40. The van der Waals surface area contributed by atoms with E-state index in [9.17, 15) is 15.3 Å². The van der Waals surface area contributed by atoms with Gasteiger partial charge in [-0.2, -0.15) is 0 Å². The van der Waals surface area contributed by atoms with Crippen LogP contribution in [0.25, 0.3) is 0 Å². The van der Waals surface area contributed by atoms with E-state index in [1.54, 1.807) is 0 Å². The lowest BCUT2D eigenvalue weighted by atomic mass is 9.41. The minimum absolute atomic E-state index is 0.0479. The zero-order chi connectivity index (χ0) is 24.2. The van der Waals surface area contributed by atoms with Crippen LogP contribution in [0.1, 0.15) is 106 Å². The largest absolute Gasteiger partial charge is 0.393 e. The van der Waals surface area contributed by atoms with Gasteiger partial charge in [-0.3, -0.25) is 0 Å². The van der Waals surface area contributed by atoms with Gasteiger partial charge in [-0.05, 0) is 122 Å². The molecule has 0 heterocycles. The first kappa shape index (κ1) is 24.3. The molecule has 5 saturated carbocycles. The van der Waals surface area contributed by atoms with Crippen LogP contribution in [-0.4, -0.2) is 33.6 Å². The van der Waals surface area contributed by atoms with Crippen molar-refractivity contribution in [3.63, 3.8) is 0 Å². The summed E-state index contributed by atoms with van der Waals surface area (Å²) in [4.78, 5) is 0. The standard InChI is InChI=1S/C30H50O3/c1-18(2)16-21(31)25(33)19(3)20-10-12-28(7)23-9-8-22-26(4,5)24(32)11-13-29(22)17-30(23,29)15-14-27(20,28)6/h16,19-25,31-33H,8-15,17H2,1-7H3. The van der Waals surface area contributed by atoms with E-state index >= 15 is 0 Å². The topological polar surface area (TPSA) is 60.7 Å². The van der Waals surface area contributed by atoms with Gasteiger partial charge in [-0.1, -0.05) is 46.3 Å². The van der Waals surface area contributed by atoms with Gasteiger partial charge in [0.05, 0.1) is 18.3 Å². The molecule has 11 atom stereocenters. The molecule has 0 aliphatic heterocycles. The first-order valence-corrected chi connectivity index (χ1v) is 14.0. The maximum Gasteiger partial charge on any atom is 0.0985 e. The van der Waals surface area contributed by atoms with Crippen molar-refractivity contribution in [2.45, 2.75) is 125 Å². The van der Waals surface area contributed by atoms with E-state index in [-0.39, 0.29) is 22.9 Å². The van der Waals surface area contributed by atoms with Crippen molar-refractivity contribution >= 4 is 0 Å². The van der Waals surface area contributed by atoms with Crippen LogP contribution in [0.4, 0.5) is 0 Å². The second-order valence-electron chi connectivity index (χ2n) is 14.6. The molecule has 0 radical (unpaired) electrons. The summed E-state index contributed by atoms with van der Waals surface area (Å²) in [7, 11) is 0. The lowest BCUT2D eigenvalue weighted by Gasteiger charge is -2.63. The first-order chi connectivity index (χ1) is 15.3. The molecular weight excluding hydrogens is 408 g/mol. The molecule has 5 rings (SSSR count). The van der Waals surface area contributed by atoms with Crippen molar-refractivity contribution in [2.75, 3.05) is 0 Å². The number of allylic oxidation sites excluding steroid dienone is 1. The average Bonchev–Trinajstić information content (AvgIpc) is 3.32. The molecular formula is C30H50O3. The average molecular weight is 459 g/mol. The van der Waals surface area contributed by atoms with Gasteiger partial charge in [-0.15, -0.1) is 0 Å². The van der Waals surface area contributed by atoms with E-state index in [2.05, 4.69) is 34.6 Å². The Labute approximate surface area is 202 Å². The molecule has 0 aromatic rings. The molecule has 11 unspecified atom stereocenters. The molecule has 0 amide bonds. The summed E-state index contributed by atoms with van der Waals surface area (Å²) in [6.07, 6.45) is 11.5. The van der Waals surface area contributed by atoms with Gasteiger partial charge < -0.3 is 15.3 Å². The number of hydrogen-bond acceptors (Lipinski definition) is 3. The van der Waals surface area contributed by atoms with E-state index in [4.69, 9.17) is 0 Å². The smallest absolute Gasteiger partial charge is 0.0985 e. The number of fused-ring (bicyclic) bond motifs is 2. The van der Waals surface area contributed by atoms with Crippen LogP contribution >= 0.6 is 0 Å². The molecule has 33 heavy (non-hydrogen) atoms.